The van der Waals surface area contributed by atoms with E-state index in [1.807, 2.05) is 0 Å². The molecular formula is C22H24Cl2F3N3O4S. The first-order chi connectivity index (χ1) is 16.2. The van der Waals surface area contributed by atoms with Gasteiger partial charge in [0.25, 0.3) is 0 Å². The molecule has 0 saturated carbocycles. The molecule has 1 N–H and O–H groups in total. The zero-order valence-electron chi connectivity index (χ0n) is 19.1. The number of alkyl halides is 3. The van der Waals surface area contributed by atoms with Gasteiger partial charge in [0.05, 0.1) is 22.5 Å². The Hall–Kier alpha value is -2.50. The van der Waals surface area contributed by atoms with Gasteiger partial charge in [0.15, 0.2) is 0 Å². The molecule has 13 heteroatoms. The molecule has 2 aromatic rings. The summed E-state index contributed by atoms with van der Waals surface area (Å²) in [4.78, 5) is 27.0. The molecule has 0 aliphatic carbocycles. The first kappa shape index (κ1) is 28.7. The molecule has 1 atom stereocenters. The van der Waals surface area contributed by atoms with E-state index in [1.165, 1.54) is 11.9 Å². The number of nitrogens with zero attached hydrogens (tertiary/aromatic N) is 2. The van der Waals surface area contributed by atoms with Crippen molar-refractivity contribution in [2.24, 2.45) is 0 Å². The lowest BCUT2D eigenvalue weighted by Gasteiger charge is -2.32. The van der Waals surface area contributed by atoms with Gasteiger partial charge in [0.2, 0.25) is 21.8 Å². The smallest absolute Gasteiger partial charge is 0.357 e. The normalized spacial score (nSPS) is 12.7. The molecule has 192 valence electrons. The second-order valence-corrected chi connectivity index (χ2v) is 10.4. The molecule has 0 aliphatic heterocycles. The van der Waals surface area contributed by atoms with Gasteiger partial charge in [-0.25, -0.2) is 8.42 Å². The molecule has 7 nitrogen and oxygen atoms in total. The van der Waals surface area contributed by atoms with Gasteiger partial charge in [0, 0.05) is 18.6 Å². The van der Waals surface area contributed by atoms with Crippen molar-refractivity contribution >= 4 is 50.7 Å². The van der Waals surface area contributed by atoms with Crippen molar-refractivity contribution < 1.29 is 31.2 Å². The summed E-state index contributed by atoms with van der Waals surface area (Å²) in [6.07, 6.45) is -3.87. The third-order valence-electron chi connectivity index (χ3n) is 5.12. The van der Waals surface area contributed by atoms with Crippen LogP contribution in [0.2, 0.25) is 10.0 Å². The number of halogens is 5. The molecule has 35 heavy (non-hydrogen) atoms. The molecule has 0 heterocycles. The highest BCUT2D eigenvalue weighted by molar-refractivity contribution is 7.92. The predicted molar refractivity (Wildman–Crippen MR) is 129 cm³/mol. The average molecular weight is 554 g/mol. The van der Waals surface area contributed by atoms with E-state index < -0.39 is 56.9 Å². The van der Waals surface area contributed by atoms with Crippen molar-refractivity contribution in [1.82, 2.24) is 10.2 Å². The highest BCUT2D eigenvalue weighted by Crippen LogP contribution is 2.37. The first-order valence-corrected chi connectivity index (χ1v) is 12.9. The molecule has 2 aromatic carbocycles. The minimum atomic E-state index is -4.84. The summed E-state index contributed by atoms with van der Waals surface area (Å²) in [5.74, 6) is -1.27. The van der Waals surface area contributed by atoms with Crippen LogP contribution in [0, 0.1) is 0 Å². The van der Waals surface area contributed by atoms with Gasteiger partial charge < -0.3 is 10.2 Å². The summed E-state index contributed by atoms with van der Waals surface area (Å²) >= 11 is 11.6. The van der Waals surface area contributed by atoms with Gasteiger partial charge in [-0.3, -0.25) is 13.9 Å². The number of anilines is 1. The fraction of sp³-hybridized carbons (Fsp3) is 0.364. The molecule has 0 bridgehead atoms. The van der Waals surface area contributed by atoms with Crippen LogP contribution in [0.3, 0.4) is 0 Å². The fourth-order valence-electron chi connectivity index (χ4n) is 3.37. The fourth-order valence-corrected chi connectivity index (χ4v) is 4.56. The third-order valence-corrected chi connectivity index (χ3v) is 6.84. The Morgan fingerprint density at radius 3 is 2.17 bits per heavy atom. The van der Waals surface area contributed by atoms with Crippen LogP contribution in [0.5, 0.6) is 0 Å². The Morgan fingerprint density at radius 2 is 1.69 bits per heavy atom. The van der Waals surface area contributed by atoms with Gasteiger partial charge in [-0.15, -0.1) is 0 Å². The van der Waals surface area contributed by atoms with Crippen LogP contribution in [0.4, 0.5) is 18.9 Å². The maximum atomic E-state index is 13.4. The van der Waals surface area contributed by atoms with E-state index >= 15 is 0 Å². The van der Waals surface area contributed by atoms with Gasteiger partial charge in [-0.2, -0.15) is 13.2 Å². The van der Waals surface area contributed by atoms with Crippen LogP contribution in [0.1, 0.15) is 24.5 Å². The maximum absolute atomic E-state index is 13.4. The molecule has 0 radical (unpaired) electrons. The van der Waals surface area contributed by atoms with Gasteiger partial charge >= 0.3 is 6.18 Å². The number of benzene rings is 2. The minimum Gasteiger partial charge on any atom is -0.357 e. The Balaban J connectivity index is 2.50. The number of amides is 2. The van der Waals surface area contributed by atoms with Gasteiger partial charge in [-0.05, 0) is 42.3 Å². The van der Waals surface area contributed by atoms with Gasteiger partial charge in [-0.1, -0.05) is 42.3 Å². The second-order valence-electron chi connectivity index (χ2n) is 7.62. The monoisotopic (exact) mass is 553 g/mol. The van der Waals surface area contributed by atoms with Crippen molar-refractivity contribution in [3.63, 3.8) is 0 Å². The number of hydrogen-bond acceptors (Lipinski definition) is 4. The van der Waals surface area contributed by atoms with Crippen molar-refractivity contribution in [2.45, 2.75) is 32.1 Å². The molecule has 0 fully saturated rings. The quantitative estimate of drug-likeness (QED) is 0.500. The number of carbonyl (C=O) groups excluding carboxylic acids is 2. The van der Waals surface area contributed by atoms with Crippen LogP contribution in [-0.2, 0) is 32.3 Å². The zero-order chi connectivity index (χ0) is 26.6. The summed E-state index contributed by atoms with van der Waals surface area (Å²) in [7, 11) is -2.81. The van der Waals surface area contributed by atoms with Crippen LogP contribution in [0.25, 0.3) is 0 Å². The highest BCUT2D eigenvalue weighted by atomic mass is 35.5. The summed E-state index contributed by atoms with van der Waals surface area (Å²) in [6.45, 7) is 0.776. The molecule has 2 rings (SSSR count). The molecule has 0 unspecified atom stereocenters. The van der Waals surface area contributed by atoms with E-state index in [9.17, 15) is 31.2 Å². The van der Waals surface area contributed by atoms with Crippen molar-refractivity contribution in [1.29, 1.82) is 0 Å². The second kappa shape index (κ2) is 11.5. The van der Waals surface area contributed by atoms with E-state index in [4.69, 9.17) is 23.2 Å². The molecule has 0 aliphatic rings. The van der Waals surface area contributed by atoms with Crippen LogP contribution in [0.15, 0.2) is 42.5 Å². The first-order valence-electron chi connectivity index (χ1n) is 10.3. The lowest BCUT2D eigenvalue weighted by molar-refractivity contribution is -0.140. The van der Waals surface area contributed by atoms with E-state index in [2.05, 4.69) is 5.32 Å². The SMILES string of the molecule is CC[C@H](C(=O)NC)N(Cc1ccc(Cl)cc1)C(=O)CN(c1ccc(Cl)c(C(F)(F)F)c1)S(C)(=O)=O. The zero-order valence-corrected chi connectivity index (χ0v) is 21.4. The van der Waals surface area contributed by atoms with E-state index in [0.717, 1.165) is 18.4 Å². The summed E-state index contributed by atoms with van der Waals surface area (Å²) in [6, 6.07) is 8.06. The van der Waals surface area contributed by atoms with E-state index in [-0.39, 0.29) is 13.0 Å². The summed E-state index contributed by atoms with van der Waals surface area (Å²) < 4.78 is 65.6. The standard InChI is InChI=1S/C22H24Cl2F3N3O4S/c1-4-19(21(32)28-2)29(12-14-5-7-15(23)8-6-14)20(31)13-30(35(3,33)34)16-9-10-18(24)17(11-16)22(25,26)27/h5-11,19H,4,12-13H2,1-3H3,(H,28,32)/t19-/m1/s1. The Labute approximate surface area is 211 Å². The molecular weight excluding hydrogens is 530 g/mol. The Kier molecular flexibility index (Phi) is 9.43. The minimum absolute atomic E-state index is 0.0616. The van der Waals surface area contributed by atoms with Crippen LogP contribution in [-0.4, -0.2) is 51.0 Å². The maximum Gasteiger partial charge on any atom is 0.417 e. The molecule has 2 amide bonds. The lowest BCUT2D eigenvalue weighted by Crippen LogP contribution is -2.51. The molecule has 0 aromatic heterocycles. The topological polar surface area (TPSA) is 86.8 Å². The van der Waals surface area contributed by atoms with E-state index in [1.54, 1.807) is 31.2 Å². The average Bonchev–Trinajstić information content (AvgIpc) is 2.77. The lowest BCUT2D eigenvalue weighted by atomic mass is 10.1. The summed E-state index contributed by atoms with van der Waals surface area (Å²) in [5.41, 5.74) is -1.02. The Bertz CT molecular complexity index is 1180. The predicted octanol–water partition coefficient (Wildman–Crippen LogP) is 4.33. The molecule has 0 spiro atoms. The van der Waals surface area contributed by atoms with E-state index in [0.29, 0.717) is 21.0 Å². The number of sulfonamides is 1. The number of rotatable bonds is 9. The van der Waals surface area contributed by atoms with Crippen LogP contribution < -0.4 is 9.62 Å². The van der Waals surface area contributed by atoms with Crippen molar-refractivity contribution in [2.75, 3.05) is 24.2 Å². The van der Waals surface area contributed by atoms with Crippen molar-refractivity contribution in [3.8, 4) is 0 Å². The largest absolute Gasteiger partial charge is 0.417 e. The number of likely N-dealkylation sites (N-methyl/N-ethyl adjacent to an activating group) is 1. The highest BCUT2D eigenvalue weighted by Gasteiger charge is 2.36. The molecule has 0 saturated heterocycles. The number of carbonyl (C=O) groups is 2. The Morgan fingerprint density at radius 1 is 1.09 bits per heavy atom. The number of nitrogens with one attached hydrogen (secondary N) is 1. The third kappa shape index (κ3) is 7.49. The van der Waals surface area contributed by atoms with Crippen LogP contribution >= 0.6 is 23.2 Å². The summed E-state index contributed by atoms with van der Waals surface area (Å²) in [5, 5.41) is 2.31. The van der Waals surface area contributed by atoms with Crippen molar-refractivity contribution in [3.05, 3.63) is 63.6 Å². The van der Waals surface area contributed by atoms with Gasteiger partial charge in [0.1, 0.15) is 12.6 Å². The number of hydrogen-bond donors (Lipinski definition) is 1.